The molecule has 0 radical (unpaired) electrons. The summed E-state index contributed by atoms with van der Waals surface area (Å²) in [6, 6.07) is 6.98. The van der Waals surface area contributed by atoms with Crippen LogP contribution < -0.4 is 0 Å². The van der Waals surface area contributed by atoms with Crippen molar-refractivity contribution in [1.82, 2.24) is 14.5 Å². The number of imidazole rings is 1. The fourth-order valence-corrected chi connectivity index (χ4v) is 3.27. The Morgan fingerprint density at radius 2 is 2.26 bits per heavy atom. The molecule has 1 aliphatic rings. The van der Waals surface area contributed by atoms with Crippen LogP contribution in [0.5, 0.6) is 0 Å². The standard InChI is InChI=1S/C15H20ClN3/c1-11-5-3-7-13-15(11)17-14(9-16)19(13)10-12-6-4-8-18(12)2/h3,5,7,12H,4,6,8-10H2,1-2H3. The van der Waals surface area contributed by atoms with Crippen LogP contribution >= 0.6 is 11.6 Å². The van der Waals surface area contributed by atoms with Crippen LogP contribution in [0.2, 0.25) is 0 Å². The molecule has 1 saturated heterocycles. The van der Waals surface area contributed by atoms with Crippen molar-refractivity contribution < 1.29 is 0 Å². The number of rotatable bonds is 3. The molecule has 1 atom stereocenters. The Balaban J connectivity index is 2.03. The fraction of sp³-hybridized carbons (Fsp3) is 0.533. The van der Waals surface area contributed by atoms with Gasteiger partial charge in [-0.2, -0.15) is 0 Å². The lowest BCUT2D eigenvalue weighted by atomic mass is 10.2. The van der Waals surface area contributed by atoms with E-state index in [0.717, 1.165) is 17.9 Å². The van der Waals surface area contributed by atoms with Crippen molar-refractivity contribution in [3.63, 3.8) is 0 Å². The van der Waals surface area contributed by atoms with Crippen LogP contribution in [0.4, 0.5) is 0 Å². The molecule has 0 saturated carbocycles. The van der Waals surface area contributed by atoms with Gasteiger partial charge in [-0.15, -0.1) is 11.6 Å². The monoisotopic (exact) mass is 277 g/mol. The van der Waals surface area contributed by atoms with E-state index in [1.165, 1.54) is 30.5 Å². The van der Waals surface area contributed by atoms with Crippen molar-refractivity contribution in [2.24, 2.45) is 0 Å². The molecule has 4 heteroatoms. The van der Waals surface area contributed by atoms with Crippen LogP contribution in [0.1, 0.15) is 24.2 Å². The minimum atomic E-state index is 0.477. The maximum absolute atomic E-state index is 6.08. The number of alkyl halides is 1. The number of aryl methyl sites for hydroxylation is 1. The Hall–Kier alpha value is -1.06. The van der Waals surface area contributed by atoms with E-state index in [4.69, 9.17) is 16.6 Å². The molecular formula is C15H20ClN3. The van der Waals surface area contributed by atoms with Gasteiger partial charge in [0, 0.05) is 12.6 Å². The molecule has 0 aliphatic carbocycles. The Bertz CT molecular complexity index is 590. The van der Waals surface area contributed by atoms with E-state index in [1.807, 2.05) is 0 Å². The van der Waals surface area contributed by atoms with Gasteiger partial charge in [0.2, 0.25) is 0 Å². The largest absolute Gasteiger partial charge is 0.325 e. The van der Waals surface area contributed by atoms with E-state index in [-0.39, 0.29) is 0 Å². The molecule has 3 nitrogen and oxygen atoms in total. The van der Waals surface area contributed by atoms with Gasteiger partial charge in [-0.25, -0.2) is 4.98 Å². The molecule has 0 amide bonds. The zero-order chi connectivity index (χ0) is 13.4. The Labute approximate surface area is 119 Å². The van der Waals surface area contributed by atoms with Gasteiger partial charge in [0.05, 0.1) is 16.9 Å². The van der Waals surface area contributed by atoms with Crippen LogP contribution in [0, 0.1) is 6.92 Å². The van der Waals surface area contributed by atoms with E-state index in [1.54, 1.807) is 0 Å². The van der Waals surface area contributed by atoms with Crippen molar-refractivity contribution >= 4 is 22.6 Å². The number of fused-ring (bicyclic) bond motifs is 1. The molecular weight excluding hydrogens is 258 g/mol. The number of hydrogen-bond acceptors (Lipinski definition) is 2. The summed E-state index contributed by atoms with van der Waals surface area (Å²) in [5.74, 6) is 1.47. The maximum Gasteiger partial charge on any atom is 0.124 e. The van der Waals surface area contributed by atoms with Gasteiger partial charge in [-0.05, 0) is 45.0 Å². The number of nitrogens with zero attached hydrogens (tertiary/aromatic N) is 3. The number of halogens is 1. The number of aromatic nitrogens is 2. The van der Waals surface area contributed by atoms with Crippen LogP contribution in [0.3, 0.4) is 0 Å². The lowest BCUT2D eigenvalue weighted by Crippen LogP contribution is -2.29. The van der Waals surface area contributed by atoms with Gasteiger partial charge in [0.15, 0.2) is 0 Å². The highest BCUT2D eigenvalue weighted by molar-refractivity contribution is 6.16. The van der Waals surface area contributed by atoms with Crippen LogP contribution in [0.15, 0.2) is 18.2 Å². The van der Waals surface area contributed by atoms with Crippen LogP contribution in [-0.2, 0) is 12.4 Å². The van der Waals surface area contributed by atoms with E-state index in [0.29, 0.717) is 11.9 Å². The summed E-state index contributed by atoms with van der Waals surface area (Å²) in [5.41, 5.74) is 3.54. The molecule has 1 aromatic heterocycles. The van der Waals surface area contributed by atoms with E-state index in [9.17, 15) is 0 Å². The summed E-state index contributed by atoms with van der Waals surface area (Å²) in [6.07, 6.45) is 2.56. The highest BCUT2D eigenvalue weighted by atomic mass is 35.5. The molecule has 19 heavy (non-hydrogen) atoms. The Morgan fingerprint density at radius 3 is 2.95 bits per heavy atom. The first kappa shape index (κ1) is 12.9. The lowest BCUT2D eigenvalue weighted by molar-refractivity contribution is 0.282. The van der Waals surface area contributed by atoms with E-state index < -0.39 is 0 Å². The fourth-order valence-electron chi connectivity index (χ4n) is 3.06. The van der Waals surface area contributed by atoms with E-state index in [2.05, 4.69) is 41.6 Å². The first-order chi connectivity index (χ1) is 9.20. The maximum atomic E-state index is 6.08. The first-order valence-electron chi connectivity index (χ1n) is 6.91. The summed E-state index contributed by atoms with van der Waals surface area (Å²) in [7, 11) is 2.21. The van der Waals surface area contributed by atoms with Gasteiger partial charge < -0.3 is 9.47 Å². The number of para-hydroxylation sites is 1. The molecule has 1 unspecified atom stereocenters. The second-order valence-electron chi connectivity index (χ2n) is 5.49. The number of likely N-dealkylation sites (N-methyl/N-ethyl adjacent to an activating group) is 1. The van der Waals surface area contributed by atoms with Crippen molar-refractivity contribution in [2.45, 2.75) is 38.2 Å². The molecule has 102 valence electrons. The highest BCUT2D eigenvalue weighted by Crippen LogP contribution is 2.24. The minimum absolute atomic E-state index is 0.477. The van der Waals surface area contributed by atoms with Gasteiger partial charge in [0.1, 0.15) is 5.82 Å². The van der Waals surface area contributed by atoms with Gasteiger partial charge >= 0.3 is 0 Å². The molecule has 1 aromatic carbocycles. The SMILES string of the molecule is Cc1cccc2c1nc(CCl)n2CC1CCCN1C. The summed E-state index contributed by atoms with van der Waals surface area (Å²) < 4.78 is 2.31. The molecule has 1 fully saturated rings. The predicted molar refractivity (Wildman–Crippen MR) is 79.7 cm³/mol. The van der Waals surface area contributed by atoms with Crippen molar-refractivity contribution in [3.05, 3.63) is 29.6 Å². The Morgan fingerprint density at radius 1 is 1.42 bits per heavy atom. The lowest BCUT2D eigenvalue weighted by Gasteiger charge is -2.21. The van der Waals surface area contributed by atoms with Gasteiger partial charge in [-0.3, -0.25) is 0 Å². The second kappa shape index (κ2) is 5.14. The molecule has 1 aliphatic heterocycles. The van der Waals surface area contributed by atoms with E-state index >= 15 is 0 Å². The van der Waals surface area contributed by atoms with Crippen molar-refractivity contribution in [2.75, 3.05) is 13.6 Å². The van der Waals surface area contributed by atoms with Crippen molar-refractivity contribution in [3.8, 4) is 0 Å². The normalized spacial score (nSPS) is 20.5. The second-order valence-corrected chi connectivity index (χ2v) is 5.76. The first-order valence-corrected chi connectivity index (χ1v) is 7.45. The highest BCUT2D eigenvalue weighted by Gasteiger charge is 2.23. The molecule has 0 spiro atoms. The zero-order valence-electron chi connectivity index (χ0n) is 11.6. The third-order valence-electron chi connectivity index (χ3n) is 4.24. The molecule has 3 rings (SSSR count). The predicted octanol–water partition coefficient (Wildman–Crippen LogP) is 3.18. The average Bonchev–Trinajstić information content (AvgIpc) is 2.96. The molecule has 2 heterocycles. The van der Waals surface area contributed by atoms with Gasteiger partial charge in [-0.1, -0.05) is 12.1 Å². The smallest absolute Gasteiger partial charge is 0.124 e. The van der Waals surface area contributed by atoms with Crippen molar-refractivity contribution in [1.29, 1.82) is 0 Å². The summed E-state index contributed by atoms with van der Waals surface area (Å²) in [6.45, 7) is 4.31. The molecule has 0 N–H and O–H groups in total. The number of likely N-dealkylation sites (tertiary alicyclic amines) is 1. The molecule has 2 aromatic rings. The number of benzene rings is 1. The number of hydrogen-bond donors (Lipinski definition) is 0. The quantitative estimate of drug-likeness (QED) is 0.804. The summed E-state index contributed by atoms with van der Waals surface area (Å²) in [4.78, 5) is 7.15. The topological polar surface area (TPSA) is 21.1 Å². The third kappa shape index (κ3) is 2.26. The van der Waals surface area contributed by atoms with Crippen LogP contribution in [-0.4, -0.2) is 34.1 Å². The summed E-state index contributed by atoms with van der Waals surface area (Å²) >= 11 is 6.08. The zero-order valence-corrected chi connectivity index (χ0v) is 12.3. The third-order valence-corrected chi connectivity index (χ3v) is 4.48. The Kier molecular flexibility index (Phi) is 3.50. The van der Waals surface area contributed by atoms with Gasteiger partial charge in [0.25, 0.3) is 0 Å². The van der Waals surface area contributed by atoms with Crippen LogP contribution in [0.25, 0.3) is 11.0 Å². The molecule has 0 bridgehead atoms. The summed E-state index contributed by atoms with van der Waals surface area (Å²) in [5, 5.41) is 0. The minimum Gasteiger partial charge on any atom is -0.325 e. The average molecular weight is 278 g/mol.